The van der Waals surface area contributed by atoms with Crippen LogP contribution in [0.2, 0.25) is 5.02 Å². The lowest BCUT2D eigenvalue weighted by atomic mass is 10.1. The minimum absolute atomic E-state index is 0.0263. The van der Waals surface area contributed by atoms with Gasteiger partial charge < -0.3 is 15.5 Å². The maximum Gasteiger partial charge on any atom is 0.253 e. The summed E-state index contributed by atoms with van der Waals surface area (Å²) in [6.45, 7) is 3.19. The fourth-order valence-electron chi connectivity index (χ4n) is 3.22. The standard InChI is InChI=1S/C22H26ClFN4O/c1-4-25-22(26-13-14-8-10-15(11-9-14)21(29)28(2)3)27-19-12-16(19)20-17(23)6-5-7-18(20)24/h5-11,16,19H,4,12-13H2,1-3H3,(H2,25,26,27). The molecule has 1 amide bonds. The van der Waals surface area contributed by atoms with Crippen molar-refractivity contribution in [3.8, 4) is 0 Å². The molecule has 154 valence electrons. The SMILES string of the molecule is CCNC(=NCc1ccc(C(=O)N(C)C)cc1)NC1CC1c1c(F)cccc1Cl. The van der Waals surface area contributed by atoms with Crippen LogP contribution in [0, 0.1) is 5.82 Å². The number of hydrogen-bond donors (Lipinski definition) is 2. The van der Waals surface area contributed by atoms with Crippen molar-refractivity contribution in [3.63, 3.8) is 0 Å². The van der Waals surface area contributed by atoms with E-state index in [4.69, 9.17) is 11.6 Å². The molecule has 2 N–H and O–H groups in total. The molecular formula is C22H26ClFN4O. The first kappa shape index (κ1) is 21.1. The molecule has 5 nitrogen and oxygen atoms in total. The summed E-state index contributed by atoms with van der Waals surface area (Å²) in [4.78, 5) is 18.1. The molecule has 0 radical (unpaired) electrons. The second-order valence-electron chi connectivity index (χ2n) is 7.32. The van der Waals surface area contributed by atoms with Gasteiger partial charge in [-0.1, -0.05) is 29.8 Å². The molecule has 0 aromatic heterocycles. The predicted octanol–water partition coefficient (Wildman–Crippen LogP) is 3.79. The van der Waals surface area contributed by atoms with Crippen LogP contribution in [-0.2, 0) is 6.54 Å². The average Bonchev–Trinajstić information content (AvgIpc) is 3.44. The topological polar surface area (TPSA) is 56.7 Å². The van der Waals surface area contributed by atoms with E-state index in [2.05, 4.69) is 15.6 Å². The number of hydrogen-bond acceptors (Lipinski definition) is 2. The Bertz CT molecular complexity index is 878. The van der Waals surface area contributed by atoms with Crippen LogP contribution < -0.4 is 10.6 Å². The van der Waals surface area contributed by atoms with Gasteiger partial charge in [-0.3, -0.25) is 4.79 Å². The minimum Gasteiger partial charge on any atom is -0.357 e. The minimum atomic E-state index is -0.263. The van der Waals surface area contributed by atoms with Crippen molar-refractivity contribution in [1.29, 1.82) is 0 Å². The third-order valence-electron chi connectivity index (χ3n) is 4.85. The highest BCUT2D eigenvalue weighted by atomic mass is 35.5. The number of carbonyl (C=O) groups excluding carboxylic acids is 1. The number of amides is 1. The highest BCUT2D eigenvalue weighted by Gasteiger charge is 2.41. The summed E-state index contributed by atoms with van der Waals surface area (Å²) in [6, 6.07) is 12.3. The van der Waals surface area contributed by atoms with Crippen LogP contribution in [0.5, 0.6) is 0 Å². The van der Waals surface area contributed by atoms with Gasteiger partial charge in [0.25, 0.3) is 5.91 Å². The Morgan fingerprint density at radius 2 is 1.97 bits per heavy atom. The average molecular weight is 417 g/mol. The first-order valence-electron chi connectivity index (χ1n) is 9.70. The van der Waals surface area contributed by atoms with Gasteiger partial charge in [0.05, 0.1) is 6.54 Å². The Labute approximate surface area is 176 Å². The summed E-state index contributed by atoms with van der Waals surface area (Å²) in [5, 5.41) is 7.05. The Kier molecular flexibility index (Phi) is 6.75. The summed E-state index contributed by atoms with van der Waals surface area (Å²) in [5.74, 6) is 0.438. The number of benzene rings is 2. The number of rotatable bonds is 6. The number of nitrogens with zero attached hydrogens (tertiary/aromatic N) is 2. The van der Waals surface area contributed by atoms with Crippen molar-refractivity contribution in [2.75, 3.05) is 20.6 Å². The number of halogens is 2. The molecular weight excluding hydrogens is 391 g/mol. The second-order valence-corrected chi connectivity index (χ2v) is 7.73. The van der Waals surface area contributed by atoms with Crippen LogP contribution in [0.15, 0.2) is 47.5 Å². The van der Waals surface area contributed by atoms with Gasteiger partial charge in [-0.2, -0.15) is 0 Å². The Morgan fingerprint density at radius 1 is 1.24 bits per heavy atom. The molecule has 1 fully saturated rings. The van der Waals surface area contributed by atoms with Gasteiger partial charge in [0.1, 0.15) is 5.82 Å². The molecule has 0 spiro atoms. The summed E-state index contributed by atoms with van der Waals surface area (Å²) < 4.78 is 14.1. The molecule has 2 atom stereocenters. The van der Waals surface area contributed by atoms with E-state index in [1.165, 1.54) is 6.07 Å². The number of nitrogens with one attached hydrogen (secondary N) is 2. The zero-order valence-corrected chi connectivity index (χ0v) is 17.6. The molecule has 0 aliphatic heterocycles. The van der Waals surface area contributed by atoms with Crippen molar-refractivity contribution in [2.45, 2.75) is 31.8 Å². The lowest BCUT2D eigenvalue weighted by molar-refractivity contribution is 0.0827. The monoisotopic (exact) mass is 416 g/mol. The largest absolute Gasteiger partial charge is 0.357 e. The first-order chi connectivity index (χ1) is 13.9. The maximum atomic E-state index is 14.1. The molecule has 0 saturated heterocycles. The normalized spacial score (nSPS) is 18.3. The van der Waals surface area contributed by atoms with Crippen LogP contribution in [-0.4, -0.2) is 43.4 Å². The van der Waals surface area contributed by atoms with Crippen LogP contribution in [0.4, 0.5) is 4.39 Å². The number of aliphatic imine (C=N–C) groups is 1. The van der Waals surface area contributed by atoms with Crippen molar-refractivity contribution in [2.24, 2.45) is 4.99 Å². The molecule has 1 saturated carbocycles. The van der Waals surface area contributed by atoms with Gasteiger partial charge in [0.2, 0.25) is 0 Å². The van der Waals surface area contributed by atoms with Gasteiger partial charge in [-0.15, -0.1) is 0 Å². The summed E-state index contributed by atoms with van der Waals surface area (Å²) >= 11 is 6.18. The number of carbonyl (C=O) groups is 1. The number of guanidine groups is 1. The molecule has 1 aliphatic carbocycles. The first-order valence-corrected chi connectivity index (χ1v) is 10.1. The van der Waals surface area contributed by atoms with Crippen LogP contribution in [0.1, 0.15) is 40.7 Å². The van der Waals surface area contributed by atoms with Gasteiger partial charge in [-0.05, 0) is 43.2 Å². The molecule has 0 heterocycles. The van der Waals surface area contributed by atoms with Crippen LogP contribution in [0.3, 0.4) is 0 Å². The van der Waals surface area contributed by atoms with Crippen molar-refractivity contribution in [1.82, 2.24) is 15.5 Å². The van der Waals surface area contributed by atoms with Crippen LogP contribution >= 0.6 is 11.6 Å². The third-order valence-corrected chi connectivity index (χ3v) is 5.18. The second kappa shape index (κ2) is 9.27. The lowest BCUT2D eigenvalue weighted by Crippen LogP contribution is -2.39. The Balaban J connectivity index is 1.63. The highest BCUT2D eigenvalue weighted by molar-refractivity contribution is 6.31. The van der Waals surface area contributed by atoms with E-state index >= 15 is 0 Å². The molecule has 2 unspecified atom stereocenters. The van der Waals surface area contributed by atoms with E-state index in [0.29, 0.717) is 28.7 Å². The fourth-order valence-corrected chi connectivity index (χ4v) is 3.52. The van der Waals surface area contributed by atoms with Gasteiger partial charge in [-0.25, -0.2) is 9.38 Å². The van der Waals surface area contributed by atoms with Gasteiger partial charge in [0.15, 0.2) is 5.96 Å². The molecule has 7 heteroatoms. The molecule has 29 heavy (non-hydrogen) atoms. The molecule has 0 bridgehead atoms. The maximum absolute atomic E-state index is 14.1. The molecule has 1 aliphatic rings. The molecule has 2 aromatic carbocycles. The Hall–Kier alpha value is -2.60. The zero-order chi connectivity index (χ0) is 21.0. The van der Waals surface area contributed by atoms with Crippen molar-refractivity contribution >= 4 is 23.5 Å². The van der Waals surface area contributed by atoms with E-state index in [1.807, 2.05) is 31.2 Å². The van der Waals surface area contributed by atoms with Crippen molar-refractivity contribution < 1.29 is 9.18 Å². The van der Waals surface area contributed by atoms with E-state index in [0.717, 1.165) is 18.5 Å². The predicted molar refractivity (Wildman–Crippen MR) is 115 cm³/mol. The highest BCUT2D eigenvalue weighted by Crippen LogP contribution is 2.44. The van der Waals surface area contributed by atoms with E-state index < -0.39 is 0 Å². The zero-order valence-electron chi connectivity index (χ0n) is 16.9. The third kappa shape index (κ3) is 5.26. The Morgan fingerprint density at radius 3 is 2.59 bits per heavy atom. The van der Waals surface area contributed by atoms with Crippen molar-refractivity contribution in [3.05, 3.63) is 70.0 Å². The fraction of sp³-hybridized carbons (Fsp3) is 0.364. The smallest absolute Gasteiger partial charge is 0.253 e. The molecule has 2 aromatic rings. The molecule has 3 rings (SSSR count). The summed E-state index contributed by atoms with van der Waals surface area (Å²) in [5.41, 5.74) is 2.22. The van der Waals surface area contributed by atoms with Gasteiger partial charge >= 0.3 is 0 Å². The summed E-state index contributed by atoms with van der Waals surface area (Å²) in [6.07, 6.45) is 0.812. The van der Waals surface area contributed by atoms with Crippen LogP contribution in [0.25, 0.3) is 0 Å². The quantitative estimate of drug-likeness (QED) is 0.556. The van der Waals surface area contributed by atoms with E-state index in [9.17, 15) is 9.18 Å². The summed E-state index contributed by atoms with van der Waals surface area (Å²) in [7, 11) is 3.46. The van der Waals surface area contributed by atoms with Gasteiger partial charge in [0, 0.05) is 48.7 Å². The van der Waals surface area contributed by atoms with E-state index in [-0.39, 0.29) is 23.7 Å². The lowest BCUT2D eigenvalue weighted by Gasteiger charge is -2.12. The van der Waals surface area contributed by atoms with E-state index in [1.54, 1.807) is 31.1 Å².